The molecule has 0 saturated heterocycles. The molecule has 6 rings (SSSR count). The number of hydrogen-bond acceptors (Lipinski definition) is 7. The fraction of sp³-hybridized carbons (Fsp3) is 0.485. The number of halogens is 3. The van der Waals surface area contributed by atoms with Gasteiger partial charge in [0.2, 0.25) is 0 Å². The van der Waals surface area contributed by atoms with Crippen LogP contribution in [0, 0.1) is 5.92 Å². The fourth-order valence-corrected chi connectivity index (χ4v) is 7.38. The largest absolute Gasteiger partial charge is 0.419 e. The zero-order valence-corrected chi connectivity index (χ0v) is 25.9. The number of benzene rings is 1. The van der Waals surface area contributed by atoms with Crippen LogP contribution >= 0.6 is 11.8 Å². The lowest BCUT2D eigenvalue weighted by atomic mass is 9.78. The van der Waals surface area contributed by atoms with Crippen LogP contribution in [0.1, 0.15) is 61.9 Å². The first kappa shape index (κ1) is 29.8. The Morgan fingerprint density at radius 3 is 2.70 bits per heavy atom. The smallest absolute Gasteiger partial charge is 0.374 e. The molecule has 3 aliphatic rings. The molecular formula is C33H39F3N6S. The van der Waals surface area contributed by atoms with E-state index in [9.17, 15) is 13.2 Å². The van der Waals surface area contributed by atoms with Crippen LogP contribution in [0.5, 0.6) is 0 Å². The van der Waals surface area contributed by atoms with E-state index >= 15 is 0 Å². The number of fused-ring (bicyclic) bond motifs is 2. The van der Waals surface area contributed by atoms with Gasteiger partial charge in [0.15, 0.2) is 5.16 Å². The molecule has 0 saturated carbocycles. The molecule has 0 amide bonds. The minimum atomic E-state index is -4.47. The summed E-state index contributed by atoms with van der Waals surface area (Å²) in [7, 11) is 2.13. The maximum absolute atomic E-state index is 13.9. The Kier molecular flexibility index (Phi) is 8.33. The molecule has 0 spiro atoms. The highest BCUT2D eigenvalue weighted by molar-refractivity contribution is 7.99. The molecule has 43 heavy (non-hydrogen) atoms. The van der Waals surface area contributed by atoms with E-state index in [2.05, 4.69) is 66.4 Å². The predicted octanol–water partition coefficient (Wildman–Crippen LogP) is 7.81. The number of nitrogens with zero attached hydrogens (tertiary/aromatic N) is 5. The van der Waals surface area contributed by atoms with Gasteiger partial charge in [0.1, 0.15) is 11.6 Å². The molecule has 0 fully saturated rings. The number of nitrogens with one attached hydrogen (secondary N) is 1. The number of alkyl halides is 3. The topological polar surface area (TPSA) is 57.2 Å². The first-order valence-electron chi connectivity index (χ1n) is 15.2. The van der Waals surface area contributed by atoms with Crippen molar-refractivity contribution in [3.8, 4) is 0 Å². The van der Waals surface area contributed by atoms with E-state index in [1.54, 1.807) is 16.7 Å². The number of aromatic nitrogens is 3. The molecule has 4 heterocycles. The molecule has 228 valence electrons. The third-order valence-electron chi connectivity index (χ3n) is 9.01. The second-order valence-electron chi connectivity index (χ2n) is 12.5. The van der Waals surface area contributed by atoms with Gasteiger partial charge in [-0.2, -0.15) is 13.2 Å². The van der Waals surface area contributed by atoms with E-state index in [0.717, 1.165) is 60.4 Å². The number of thioether (sulfide) groups is 1. The van der Waals surface area contributed by atoms with Crippen LogP contribution in [-0.2, 0) is 24.4 Å². The third kappa shape index (κ3) is 6.49. The number of hydrogen-bond donors (Lipinski definition) is 1. The van der Waals surface area contributed by atoms with Crippen molar-refractivity contribution in [1.82, 2.24) is 15.0 Å². The summed E-state index contributed by atoms with van der Waals surface area (Å²) >= 11 is 1.68. The Labute approximate surface area is 256 Å². The molecular weight excluding hydrogens is 569 g/mol. The first-order chi connectivity index (χ1) is 20.6. The van der Waals surface area contributed by atoms with Crippen molar-refractivity contribution in [3.63, 3.8) is 0 Å². The standard InChI is InChI=1S/C33H39F3N6S/c1-32(2)15-19-41(3)28-20-23(11-12-25(28)32)38-29-24-13-17-42(30-26(33(34,35)36)10-7-16-37-30)18-14-27(24)39-31(40-29)43-21-22-8-5-4-6-9-22/h4-5,7,10-12,16,20,22H,6,8-9,13-15,17-19,21H2,1-3H3,(H,38,39,40). The van der Waals surface area contributed by atoms with Crippen LogP contribution in [0.4, 0.5) is 36.2 Å². The van der Waals surface area contributed by atoms with Crippen molar-refractivity contribution < 1.29 is 13.2 Å². The van der Waals surface area contributed by atoms with Crippen molar-refractivity contribution in [3.05, 3.63) is 71.1 Å². The molecule has 2 aliphatic heterocycles. The summed E-state index contributed by atoms with van der Waals surface area (Å²) in [4.78, 5) is 18.2. The highest BCUT2D eigenvalue weighted by atomic mass is 32.2. The van der Waals surface area contributed by atoms with Crippen LogP contribution in [0.15, 0.2) is 53.8 Å². The lowest BCUT2D eigenvalue weighted by Gasteiger charge is -2.38. The summed E-state index contributed by atoms with van der Waals surface area (Å²) in [5.74, 6) is 2.25. The van der Waals surface area contributed by atoms with Gasteiger partial charge in [0.25, 0.3) is 0 Å². The fourth-order valence-electron chi connectivity index (χ4n) is 6.36. The van der Waals surface area contributed by atoms with Crippen molar-refractivity contribution >= 4 is 34.8 Å². The van der Waals surface area contributed by atoms with Crippen molar-refractivity contribution in [2.45, 2.75) is 69.1 Å². The van der Waals surface area contributed by atoms with Crippen LogP contribution < -0.4 is 15.1 Å². The first-order valence-corrected chi connectivity index (χ1v) is 16.1. The highest BCUT2D eigenvalue weighted by Crippen LogP contribution is 2.41. The molecule has 2 aromatic heterocycles. The summed E-state index contributed by atoms with van der Waals surface area (Å²) < 4.78 is 41.6. The van der Waals surface area contributed by atoms with E-state index in [4.69, 9.17) is 9.97 Å². The second-order valence-corrected chi connectivity index (χ2v) is 13.5. The molecule has 6 nitrogen and oxygen atoms in total. The Hall–Kier alpha value is -3.27. The summed E-state index contributed by atoms with van der Waals surface area (Å²) in [6.07, 6.45) is 6.94. The van der Waals surface area contributed by atoms with Gasteiger partial charge in [-0.3, -0.25) is 0 Å². The number of anilines is 4. The highest BCUT2D eigenvalue weighted by Gasteiger charge is 2.36. The van der Waals surface area contributed by atoms with Crippen molar-refractivity contribution in [2.24, 2.45) is 5.92 Å². The van der Waals surface area contributed by atoms with Crippen LogP contribution in [0.25, 0.3) is 0 Å². The minimum Gasteiger partial charge on any atom is -0.374 e. The number of rotatable bonds is 6. The summed E-state index contributed by atoms with van der Waals surface area (Å²) in [5.41, 5.74) is 4.75. The predicted molar refractivity (Wildman–Crippen MR) is 169 cm³/mol. The van der Waals surface area contributed by atoms with E-state index in [1.165, 1.54) is 29.9 Å². The normalized spacial score (nSPS) is 19.9. The Morgan fingerprint density at radius 1 is 1.07 bits per heavy atom. The molecule has 0 radical (unpaired) electrons. The van der Waals surface area contributed by atoms with Gasteiger partial charge in [-0.25, -0.2) is 15.0 Å². The van der Waals surface area contributed by atoms with Gasteiger partial charge in [-0.15, -0.1) is 0 Å². The maximum atomic E-state index is 13.9. The molecule has 1 aromatic carbocycles. The van der Waals surface area contributed by atoms with Gasteiger partial charge in [-0.05, 0) is 73.3 Å². The van der Waals surface area contributed by atoms with Gasteiger partial charge in [-0.1, -0.05) is 43.8 Å². The van der Waals surface area contributed by atoms with Gasteiger partial charge >= 0.3 is 6.18 Å². The quantitative estimate of drug-likeness (QED) is 0.174. The van der Waals surface area contributed by atoms with Crippen molar-refractivity contribution in [1.29, 1.82) is 0 Å². The SMILES string of the molecule is CN1CCC(C)(C)c2ccc(Nc3nc(SCC4CC=CCC4)nc4c3CCN(c3ncccc3C(F)(F)F)CC4)cc21. The molecule has 1 N–H and O–H groups in total. The Bertz CT molecular complexity index is 1500. The van der Waals surface area contributed by atoms with E-state index in [1.807, 2.05) is 0 Å². The monoisotopic (exact) mass is 608 g/mol. The maximum Gasteiger partial charge on any atom is 0.419 e. The molecule has 1 atom stereocenters. The molecule has 1 aliphatic carbocycles. The zero-order valence-electron chi connectivity index (χ0n) is 25.0. The lowest BCUT2D eigenvalue weighted by Crippen LogP contribution is -2.34. The molecule has 10 heteroatoms. The number of allylic oxidation sites excluding steroid dienone is 2. The van der Waals surface area contributed by atoms with Crippen LogP contribution in [0.2, 0.25) is 0 Å². The van der Waals surface area contributed by atoms with E-state index in [0.29, 0.717) is 37.0 Å². The summed E-state index contributed by atoms with van der Waals surface area (Å²) in [6, 6.07) is 8.97. The lowest BCUT2D eigenvalue weighted by molar-refractivity contribution is -0.137. The Balaban J connectivity index is 1.32. The van der Waals surface area contributed by atoms with Gasteiger partial charge < -0.3 is 15.1 Å². The minimum absolute atomic E-state index is 0.0226. The Morgan fingerprint density at radius 2 is 1.91 bits per heavy atom. The summed E-state index contributed by atoms with van der Waals surface area (Å²) in [6.45, 7) is 6.37. The molecule has 1 unspecified atom stereocenters. The number of pyridine rings is 1. The summed E-state index contributed by atoms with van der Waals surface area (Å²) in [5, 5.41) is 4.33. The van der Waals surface area contributed by atoms with Crippen LogP contribution in [-0.4, -0.2) is 47.4 Å². The third-order valence-corrected chi connectivity index (χ3v) is 10.1. The van der Waals surface area contributed by atoms with Crippen molar-refractivity contribution in [2.75, 3.05) is 47.6 Å². The van der Waals surface area contributed by atoms with E-state index < -0.39 is 11.7 Å². The van der Waals surface area contributed by atoms with Crippen LogP contribution in [0.3, 0.4) is 0 Å². The molecule has 0 bridgehead atoms. The zero-order chi connectivity index (χ0) is 30.2. The average Bonchev–Trinajstić information content (AvgIpc) is 3.21. The van der Waals surface area contributed by atoms with E-state index in [-0.39, 0.29) is 11.2 Å². The second kappa shape index (κ2) is 12.0. The molecule has 3 aromatic rings. The van der Waals surface area contributed by atoms with Gasteiger partial charge in [0, 0.05) is 62.0 Å². The average molecular weight is 609 g/mol. The van der Waals surface area contributed by atoms with Gasteiger partial charge in [0.05, 0.1) is 11.3 Å².